The first kappa shape index (κ1) is 18.5. The zero-order chi connectivity index (χ0) is 15.5. The van der Waals surface area contributed by atoms with Crippen molar-refractivity contribution < 1.29 is 4.92 Å². The van der Waals surface area contributed by atoms with Crippen LogP contribution >= 0.6 is 24.0 Å². The van der Waals surface area contributed by atoms with E-state index in [0.29, 0.717) is 11.1 Å². The lowest BCUT2D eigenvalue weighted by Gasteiger charge is -2.35. The summed E-state index contributed by atoms with van der Waals surface area (Å²) in [6, 6.07) is 5.48. The summed E-state index contributed by atoms with van der Waals surface area (Å²) in [5, 5.41) is 14.9. The van der Waals surface area contributed by atoms with Gasteiger partial charge in [0.05, 0.1) is 9.95 Å². The van der Waals surface area contributed by atoms with Crippen molar-refractivity contribution in [3.63, 3.8) is 0 Å². The molecule has 0 aromatic heterocycles. The van der Waals surface area contributed by atoms with Crippen LogP contribution in [0.5, 0.6) is 0 Å². The van der Waals surface area contributed by atoms with E-state index in [1.54, 1.807) is 6.07 Å². The standard InChI is InChI=1S/C16H22ClN3O2.ClH/c17-15-10-14(20(21)22)4-3-13(15)11-19-8-5-12(6-9-19)16-2-1-7-18-16;/h3-4,10,12,16,18H,1-2,5-9,11H2;1H. The van der Waals surface area contributed by atoms with Crippen molar-refractivity contribution in [3.8, 4) is 0 Å². The number of nitro groups is 1. The third kappa shape index (κ3) is 4.57. The van der Waals surface area contributed by atoms with Crippen molar-refractivity contribution in [2.45, 2.75) is 38.3 Å². The molecule has 2 heterocycles. The minimum Gasteiger partial charge on any atom is -0.314 e. The molecule has 5 nitrogen and oxygen atoms in total. The molecule has 7 heteroatoms. The molecular formula is C16H23Cl2N3O2. The fraction of sp³-hybridized carbons (Fsp3) is 0.625. The van der Waals surface area contributed by atoms with Crippen molar-refractivity contribution in [2.24, 2.45) is 5.92 Å². The Kier molecular flexibility index (Phi) is 6.65. The van der Waals surface area contributed by atoms with Crippen LogP contribution in [0.4, 0.5) is 5.69 Å². The molecule has 1 unspecified atom stereocenters. The van der Waals surface area contributed by atoms with Gasteiger partial charge in [-0.2, -0.15) is 0 Å². The van der Waals surface area contributed by atoms with E-state index in [-0.39, 0.29) is 18.1 Å². The van der Waals surface area contributed by atoms with Crippen LogP contribution in [0.3, 0.4) is 0 Å². The zero-order valence-corrected chi connectivity index (χ0v) is 14.6. The van der Waals surface area contributed by atoms with Crippen LogP contribution in [0.1, 0.15) is 31.2 Å². The molecule has 2 aliphatic rings. The van der Waals surface area contributed by atoms with E-state index in [2.05, 4.69) is 10.2 Å². The molecule has 2 saturated heterocycles. The van der Waals surface area contributed by atoms with Crippen molar-refractivity contribution in [1.29, 1.82) is 0 Å². The normalized spacial score (nSPS) is 22.7. The third-order valence-electron chi connectivity index (χ3n) is 4.94. The van der Waals surface area contributed by atoms with Crippen LogP contribution in [-0.4, -0.2) is 35.5 Å². The minimum absolute atomic E-state index is 0. The first-order valence-electron chi connectivity index (χ1n) is 8.02. The lowest BCUT2D eigenvalue weighted by atomic mass is 9.88. The molecule has 0 spiro atoms. The van der Waals surface area contributed by atoms with Gasteiger partial charge in [-0.05, 0) is 62.9 Å². The number of hydrogen-bond acceptors (Lipinski definition) is 4. The van der Waals surface area contributed by atoms with Gasteiger partial charge in [-0.25, -0.2) is 0 Å². The van der Waals surface area contributed by atoms with Gasteiger partial charge in [0.25, 0.3) is 5.69 Å². The van der Waals surface area contributed by atoms with E-state index in [0.717, 1.165) is 31.1 Å². The SMILES string of the molecule is Cl.O=[N+]([O-])c1ccc(CN2CCC(C3CCCN3)CC2)c(Cl)c1. The quantitative estimate of drug-likeness (QED) is 0.658. The average Bonchev–Trinajstić information content (AvgIpc) is 3.04. The van der Waals surface area contributed by atoms with Gasteiger partial charge in [0.2, 0.25) is 0 Å². The zero-order valence-electron chi connectivity index (χ0n) is 13.0. The summed E-state index contributed by atoms with van der Waals surface area (Å²) in [7, 11) is 0. The van der Waals surface area contributed by atoms with Crippen molar-refractivity contribution in [2.75, 3.05) is 19.6 Å². The number of rotatable bonds is 4. The molecule has 2 aliphatic heterocycles. The predicted octanol–water partition coefficient (Wildman–Crippen LogP) is 3.63. The number of benzene rings is 1. The van der Waals surface area contributed by atoms with Crippen molar-refractivity contribution >= 4 is 29.7 Å². The van der Waals surface area contributed by atoms with E-state index in [1.165, 1.54) is 44.4 Å². The smallest absolute Gasteiger partial charge is 0.270 e. The molecule has 2 fully saturated rings. The van der Waals surface area contributed by atoms with Crippen LogP contribution in [0, 0.1) is 16.0 Å². The monoisotopic (exact) mass is 359 g/mol. The second kappa shape index (κ2) is 8.29. The first-order valence-corrected chi connectivity index (χ1v) is 8.40. The second-order valence-corrected chi connectivity index (χ2v) is 6.76. The Morgan fingerprint density at radius 3 is 2.61 bits per heavy atom. The maximum Gasteiger partial charge on any atom is 0.270 e. The van der Waals surface area contributed by atoms with Crippen LogP contribution in [0.25, 0.3) is 0 Å². The summed E-state index contributed by atoms with van der Waals surface area (Å²) in [5.74, 6) is 0.797. The van der Waals surface area contributed by atoms with E-state index < -0.39 is 4.92 Å². The fourth-order valence-electron chi connectivity index (χ4n) is 3.65. The Labute approximate surface area is 147 Å². The Bertz CT molecular complexity index is 542. The van der Waals surface area contributed by atoms with Crippen molar-refractivity contribution in [3.05, 3.63) is 38.9 Å². The summed E-state index contributed by atoms with van der Waals surface area (Å²) >= 11 is 6.18. The number of nitrogens with one attached hydrogen (secondary N) is 1. The maximum absolute atomic E-state index is 10.7. The van der Waals surface area contributed by atoms with Gasteiger partial charge in [0, 0.05) is 24.7 Å². The number of nitrogens with zero attached hydrogens (tertiary/aromatic N) is 2. The highest BCUT2D eigenvalue weighted by Crippen LogP contribution is 2.28. The molecule has 3 rings (SSSR count). The summed E-state index contributed by atoms with van der Waals surface area (Å²) in [4.78, 5) is 12.7. The van der Waals surface area contributed by atoms with Gasteiger partial charge in [0.15, 0.2) is 0 Å². The highest BCUT2D eigenvalue weighted by Gasteiger charge is 2.28. The number of halogens is 2. The summed E-state index contributed by atoms with van der Waals surface area (Å²) in [5.41, 5.74) is 1.03. The van der Waals surface area contributed by atoms with E-state index in [9.17, 15) is 10.1 Å². The molecule has 0 bridgehead atoms. The molecule has 1 aromatic rings. The lowest BCUT2D eigenvalue weighted by Crippen LogP contribution is -2.40. The van der Waals surface area contributed by atoms with Crippen LogP contribution in [0.2, 0.25) is 5.02 Å². The summed E-state index contributed by atoms with van der Waals surface area (Å²) in [6.07, 6.45) is 5.08. The second-order valence-electron chi connectivity index (χ2n) is 6.35. The average molecular weight is 360 g/mol. The molecule has 23 heavy (non-hydrogen) atoms. The first-order chi connectivity index (χ1) is 10.6. The number of hydrogen-bond donors (Lipinski definition) is 1. The number of non-ortho nitro benzene ring substituents is 1. The van der Waals surface area contributed by atoms with Gasteiger partial charge in [0.1, 0.15) is 0 Å². The molecule has 0 amide bonds. The Hall–Kier alpha value is -0.880. The summed E-state index contributed by atoms with van der Waals surface area (Å²) < 4.78 is 0. The Morgan fingerprint density at radius 1 is 1.30 bits per heavy atom. The number of piperidine rings is 1. The van der Waals surface area contributed by atoms with Gasteiger partial charge < -0.3 is 5.32 Å². The minimum atomic E-state index is -0.407. The van der Waals surface area contributed by atoms with E-state index >= 15 is 0 Å². The number of likely N-dealkylation sites (tertiary alicyclic amines) is 1. The van der Waals surface area contributed by atoms with Crippen LogP contribution < -0.4 is 5.32 Å². The third-order valence-corrected chi connectivity index (χ3v) is 5.29. The van der Waals surface area contributed by atoms with E-state index in [1.807, 2.05) is 0 Å². The van der Waals surface area contributed by atoms with Crippen molar-refractivity contribution in [1.82, 2.24) is 10.2 Å². The molecule has 0 radical (unpaired) electrons. The molecule has 0 aliphatic carbocycles. The highest BCUT2D eigenvalue weighted by molar-refractivity contribution is 6.31. The fourth-order valence-corrected chi connectivity index (χ4v) is 3.88. The maximum atomic E-state index is 10.7. The number of nitro benzene ring substituents is 1. The molecule has 0 saturated carbocycles. The summed E-state index contributed by atoms with van der Waals surface area (Å²) in [6.45, 7) is 4.11. The predicted molar refractivity (Wildman–Crippen MR) is 94.4 cm³/mol. The van der Waals surface area contributed by atoms with Crippen LogP contribution in [-0.2, 0) is 6.54 Å². The molecule has 128 valence electrons. The lowest BCUT2D eigenvalue weighted by molar-refractivity contribution is -0.384. The molecule has 1 N–H and O–H groups in total. The molecule has 1 atom stereocenters. The van der Waals surface area contributed by atoms with Gasteiger partial charge in [-0.1, -0.05) is 11.6 Å². The molecular weight excluding hydrogens is 337 g/mol. The molecule has 1 aromatic carbocycles. The Balaban J connectivity index is 0.00000192. The van der Waals surface area contributed by atoms with Gasteiger partial charge >= 0.3 is 0 Å². The topological polar surface area (TPSA) is 58.4 Å². The van der Waals surface area contributed by atoms with E-state index in [4.69, 9.17) is 11.6 Å². The Morgan fingerprint density at radius 2 is 2.04 bits per heavy atom. The van der Waals surface area contributed by atoms with Gasteiger partial charge in [-0.3, -0.25) is 15.0 Å². The highest BCUT2D eigenvalue weighted by atomic mass is 35.5. The van der Waals surface area contributed by atoms with Gasteiger partial charge in [-0.15, -0.1) is 12.4 Å². The largest absolute Gasteiger partial charge is 0.314 e. The van der Waals surface area contributed by atoms with Crippen LogP contribution in [0.15, 0.2) is 18.2 Å².